The topological polar surface area (TPSA) is 108 Å². The SMILES string of the molecule is COC(=O)/C(C#N)=C\Nc1ccc(S(=O)(=O)Nc2ccccc2)cc1. The molecule has 0 heterocycles. The van der Waals surface area contributed by atoms with Gasteiger partial charge in [0.25, 0.3) is 10.0 Å². The number of carbonyl (C=O) groups excluding carboxylic acids is 1. The van der Waals surface area contributed by atoms with E-state index in [0.29, 0.717) is 11.4 Å². The Morgan fingerprint density at radius 3 is 2.28 bits per heavy atom. The second-order valence-corrected chi connectivity index (χ2v) is 6.48. The minimum atomic E-state index is -3.70. The van der Waals surface area contributed by atoms with Gasteiger partial charge < -0.3 is 10.1 Å². The Bertz CT molecular complexity index is 915. The molecule has 0 amide bonds. The van der Waals surface area contributed by atoms with Crippen molar-refractivity contribution in [2.45, 2.75) is 4.90 Å². The van der Waals surface area contributed by atoms with Gasteiger partial charge in [0.1, 0.15) is 6.07 Å². The van der Waals surface area contributed by atoms with Crippen LogP contribution in [-0.2, 0) is 19.6 Å². The normalized spacial score (nSPS) is 11.3. The Balaban J connectivity index is 2.13. The molecular formula is C17H15N3O4S. The Labute approximate surface area is 145 Å². The third-order valence-corrected chi connectivity index (χ3v) is 4.50. The van der Waals surface area contributed by atoms with Crippen molar-refractivity contribution < 1.29 is 17.9 Å². The number of hydrogen-bond donors (Lipinski definition) is 2. The summed E-state index contributed by atoms with van der Waals surface area (Å²) < 4.78 is 31.5. The highest BCUT2D eigenvalue weighted by Gasteiger charge is 2.14. The lowest BCUT2D eigenvalue weighted by atomic mass is 10.3. The third kappa shape index (κ3) is 4.83. The molecule has 0 aromatic heterocycles. The van der Waals surface area contributed by atoms with Crippen molar-refractivity contribution in [1.82, 2.24) is 0 Å². The molecule has 25 heavy (non-hydrogen) atoms. The largest absolute Gasteiger partial charge is 0.465 e. The Morgan fingerprint density at radius 1 is 1.08 bits per heavy atom. The third-order valence-electron chi connectivity index (χ3n) is 3.10. The van der Waals surface area contributed by atoms with Gasteiger partial charge in [-0.05, 0) is 36.4 Å². The molecule has 2 aromatic carbocycles. The van der Waals surface area contributed by atoms with E-state index in [-0.39, 0.29) is 10.5 Å². The van der Waals surface area contributed by atoms with Crippen LogP contribution in [0.15, 0.2) is 71.3 Å². The lowest BCUT2D eigenvalue weighted by molar-refractivity contribution is -0.135. The lowest BCUT2D eigenvalue weighted by Crippen LogP contribution is -2.12. The summed E-state index contributed by atoms with van der Waals surface area (Å²) in [6.07, 6.45) is 1.19. The van der Waals surface area contributed by atoms with Gasteiger partial charge in [-0.25, -0.2) is 13.2 Å². The van der Waals surface area contributed by atoms with E-state index in [1.165, 1.54) is 37.6 Å². The Hall–Kier alpha value is -3.31. The second-order valence-electron chi connectivity index (χ2n) is 4.80. The molecule has 0 saturated heterocycles. The number of nitrogens with one attached hydrogen (secondary N) is 2. The average molecular weight is 357 g/mol. The highest BCUT2D eigenvalue weighted by molar-refractivity contribution is 7.92. The van der Waals surface area contributed by atoms with Crippen molar-refractivity contribution in [2.75, 3.05) is 17.1 Å². The van der Waals surface area contributed by atoms with E-state index in [9.17, 15) is 13.2 Å². The number of para-hydroxylation sites is 1. The molecule has 7 nitrogen and oxygen atoms in total. The van der Waals surface area contributed by atoms with Gasteiger partial charge in [-0.3, -0.25) is 4.72 Å². The van der Waals surface area contributed by atoms with E-state index in [1.807, 2.05) is 0 Å². The van der Waals surface area contributed by atoms with E-state index < -0.39 is 16.0 Å². The number of sulfonamides is 1. The maximum atomic E-state index is 12.3. The number of benzene rings is 2. The maximum Gasteiger partial charge on any atom is 0.350 e. The molecule has 0 aliphatic rings. The zero-order valence-electron chi connectivity index (χ0n) is 13.3. The van der Waals surface area contributed by atoms with Crippen LogP contribution in [0.3, 0.4) is 0 Å². The maximum absolute atomic E-state index is 12.3. The quantitative estimate of drug-likeness (QED) is 0.467. The Kier molecular flexibility index (Phi) is 5.76. The van der Waals surface area contributed by atoms with E-state index in [1.54, 1.807) is 36.4 Å². The summed E-state index contributed by atoms with van der Waals surface area (Å²) in [5.74, 6) is -0.763. The van der Waals surface area contributed by atoms with Gasteiger partial charge in [0.05, 0.1) is 12.0 Å². The summed E-state index contributed by atoms with van der Waals surface area (Å²) in [5, 5.41) is 11.6. The molecule has 0 bridgehead atoms. The van der Waals surface area contributed by atoms with Gasteiger partial charge in [0.2, 0.25) is 0 Å². The summed E-state index contributed by atoms with van der Waals surface area (Å²) >= 11 is 0. The minimum Gasteiger partial charge on any atom is -0.465 e. The second kappa shape index (κ2) is 7.99. The molecule has 0 spiro atoms. The van der Waals surface area contributed by atoms with Crippen molar-refractivity contribution >= 4 is 27.4 Å². The highest BCUT2D eigenvalue weighted by atomic mass is 32.2. The van der Waals surface area contributed by atoms with Crippen molar-refractivity contribution in [3.05, 3.63) is 66.4 Å². The van der Waals surface area contributed by atoms with Crippen LogP contribution in [0.5, 0.6) is 0 Å². The molecular weight excluding hydrogens is 342 g/mol. The zero-order chi connectivity index (χ0) is 18.3. The molecule has 8 heteroatoms. The van der Waals surface area contributed by atoms with Gasteiger partial charge in [-0.2, -0.15) is 5.26 Å². The molecule has 0 aliphatic heterocycles. The van der Waals surface area contributed by atoms with Gasteiger partial charge in [-0.15, -0.1) is 0 Å². The number of nitrogens with zero attached hydrogens (tertiary/aromatic N) is 1. The van der Waals surface area contributed by atoms with Gasteiger partial charge in [0.15, 0.2) is 5.57 Å². The van der Waals surface area contributed by atoms with Crippen molar-refractivity contribution in [2.24, 2.45) is 0 Å². The predicted molar refractivity (Wildman–Crippen MR) is 93.0 cm³/mol. The fraction of sp³-hybridized carbons (Fsp3) is 0.0588. The van der Waals surface area contributed by atoms with Crippen LogP contribution in [0.2, 0.25) is 0 Å². The molecule has 128 valence electrons. The van der Waals surface area contributed by atoms with Crippen LogP contribution in [0.1, 0.15) is 0 Å². The smallest absolute Gasteiger partial charge is 0.350 e. The number of rotatable bonds is 6. The van der Waals surface area contributed by atoms with Crippen LogP contribution in [0, 0.1) is 11.3 Å². The number of nitriles is 1. The van der Waals surface area contributed by atoms with Crippen LogP contribution < -0.4 is 10.0 Å². The van der Waals surface area contributed by atoms with E-state index in [2.05, 4.69) is 14.8 Å². The summed E-state index contributed by atoms with van der Waals surface area (Å²) in [5.41, 5.74) is 0.768. The van der Waals surface area contributed by atoms with E-state index in [0.717, 1.165) is 0 Å². The predicted octanol–water partition coefficient (Wildman–Crippen LogP) is 2.48. The first kappa shape index (κ1) is 18.0. The van der Waals surface area contributed by atoms with Crippen LogP contribution in [-0.4, -0.2) is 21.5 Å². The number of esters is 1. The number of anilines is 2. The molecule has 0 radical (unpaired) electrons. The summed E-state index contributed by atoms with van der Waals surface area (Å²) in [7, 11) is -2.53. The highest BCUT2D eigenvalue weighted by Crippen LogP contribution is 2.18. The first-order chi connectivity index (χ1) is 12.0. The number of carbonyl (C=O) groups is 1. The molecule has 0 unspecified atom stereocenters. The molecule has 0 saturated carbocycles. The summed E-state index contributed by atoms with van der Waals surface area (Å²) in [4.78, 5) is 11.4. The van der Waals surface area contributed by atoms with E-state index >= 15 is 0 Å². The van der Waals surface area contributed by atoms with Crippen LogP contribution >= 0.6 is 0 Å². The van der Waals surface area contributed by atoms with Crippen molar-refractivity contribution in [3.63, 3.8) is 0 Å². The first-order valence-corrected chi connectivity index (χ1v) is 8.57. The monoisotopic (exact) mass is 357 g/mol. The molecule has 2 rings (SSSR count). The lowest BCUT2D eigenvalue weighted by Gasteiger charge is -2.09. The minimum absolute atomic E-state index is 0.0827. The van der Waals surface area contributed by atoms with Crippen molar-refractivity contribution in [1.29, 1.82) is 5.26 Å². The summed E-state index contributed by atoms with van der Waals surface area (Å²) in [6.45, 7) is 0. The molecule has 0 fully saturated rings. The molecule has 2 N–H and O–H groups in total. The average Bonchev–Trinajstić information content (AvgIpc) is 2.62. The van der Waals surface area contributed by atoms with Gasteiger partial charge >= 0.3 is 5.97 Å². The Morgan fingerprint density at radius 2 is 1.72 bits per heavy atom. The van der Waals surface area contributed by atoms with Gasteiger partial charge in [-0.1, -0.05) is 18.2 Å². The molecule has 0 aliphatic carbocycles. The van der Waals surface area contributed by atoms with E-state index in [4.69, 9.17) is 5.26 Å². The number of hydrogen-bond acceptors (Lipinski definition) is 6. The standard InChI is InChI=1S/C17H15N3O4S/c1-24-17(21)13(11-18)12-19-14-7-9-16(10-8-14)25(22,23)20-15-5-3-2-4-6-15/h2-10,12,19-20H,1H3/b13-12-. The molecule has 2 aromatic rings. The molecule has 0 atom stereocenters. The fourth-order valence-corrected chi connectivity index (χ4v) is 2.91. The first-order valence-electron chi connectivity index (χ1n) is 7.09. The zero-order valence-corrected chi connectivity index (χ0v) is 14.1. The van der Waals surface area contributed by atoms with Crippen molar-refractivity contribution in [3.8, 4) is 6.07 Å². The fourth-order valence-electron chi connectivity index (χ4n) is 1.85. The van der Waals surface area contributed by atoms with Gasteiger partial charge in [0, 0.05) is 17.6 Å². The van der Waals surface area contributed by atoms with Crippen LogP contribution in [0.25, 0.3) is 0 Å². The summed E-state index contributed by atoms with van der Waals surface area (Å²) in [6, 6.07) is 16.1. The number of ether oxygens (including phenoxy) is 1. The number of methoxy groups -OCH3 is 1. The van der Waals surface area contributed by atoms with Crippen LogP contribution in [0.4, 0.5) is 11.4 Å².